The van der Waals surface area contributed by atoms with Gasteiger partial charge in [0.15, 0.2) is 0 Å². The molecule has 3 heterocycles. The summed E-state index contributed by atoms with van der Waals surface area (Å²) in [6, 6.07) is 7.23. The van der Waals surface area contributed by atoms with E-state index in [1.54, 1.807) is 19.1 Å². The highest BCUT2D eigenvalue weighted by molar-refractivity contribution is 6.72. The minimum atomic E-state index is -0.714. The van der Waals surface area contributed by atoms with E-state index in [-0.39, 0.29) is 5.29 Å². The van der Waals surface area contributed by atoms with Crippen LogP contribution in [0.1, 0.15) is 18.7 Å². The van der Waals surface area contributed by atoms with Crippen LogP contribution in [-0.2, 0) is 9.59 Å². The Kier molecular flexibility index (Phi) is 2.76. The summed E-state index contributed by atoms with van der Waals surface area (Å²) in [6.45, 7) is 2.14. The Morgan fingerprint density at radius 1 is 1.32 bits per heavy atom. The zero-order chi connectivity index (χ0) is 13.6. The Bertz CT molecular complexity index is 601. The van der Waals surface area contributed by atoms with Crippen LogP contribution in [0.3, 0.4) is 0 Å². The second-order valence-electron chi connectivity index (χ2n) is 4.18. The number of carbonyl (C=O) groups is 2. The predicted molar refractivity (Wildman–Crippen MR) is 70.5 cm³/mol. The standard InChI is InChI=1S/C12H11ClN4O2/c1-2-16-10(18)11(19)17-8-6-4-3-5-7(8)9(15-16)14-12(17)13/h3-6,9,15H,2H2,1H3. The third-order valence-corrected chi connectivity index (χ3v) is 3.38. The molecule has 1 atom stereocenters. The van der Waals surface area contributed by atoms with Gasteiger partial charge in [-0.1, -0.05) is 18.2 Å². The first-order valence-electron chi connectivity index (χ1n) is 5.88. The lowest BCUT2D eigenvalue weighted by atomic mass is 10.1. The molecule has 3 aliphatic rings. The second-order valence-corrected chi connectivity index (χ2v) is 4.52. The highest BCUT2D eigenvalue weighted by Crippen LogP contribution is 2.34. The molecule has 0 aliphatic carbocycles. The van der Waals surface area contributed by atoms with Crippen molar-refractivity contribution in [2.75, 3.05) is 11.4 Å². The summed E-state index contributed by atoms with van der Waals surface area (Å²) in [6.07, 6.45) is -0.461. The molecule has 4 rings (SSSR count). The summed E-state index contributed by atoms with van der Waals surface area (Å²) in [4.78, 5) is 29.6. The number of carbonyl (C=O) groups excluding carboxylic acids is 2. The van der Waals surface area contributed by atoms with Crippen molar-refractivity contribution in [3.05, 3.63) is 29.8 Å². The highest BCUT2D eigenvalue weighted by atomic mass is 35.5. The zero-order valence-electron chi connectivity index (χ0n) is 10.1. The summed E-state index contributed by atoms with van der Waals surface area (Å²) in [5.74, 6) is -1.36. The molecule has 3 aliphatic heterocycles. The van der Waals surface area contributed by atoms with Crippen molar-refractivity contribution in [2.45, 2.75) is 13.1 Å². The summed E-state index contributed by atoms with van der Waals surface area (Å²) >= 11 is 6.01. The first kappa shape index (κ1) is 12.1. The van der Waals surface area contributed by atoms with Gasteiger partial charge in [0.1, 0.15) is 6.17 Å². The lowest BCUT2D eigenvalue weighted by Crippen LogP contribution is -2.57. The molecule has 7 heteroatoms. The van der Waals surface area contributed by atoms with Gasteiger partial charge in [-0.25, -0.2) is 15.3 Å². The van der Waals surface area contributed by atoms with Gasteiger partial charge in [-0.15, -0.1) is 0 Å². The number of hydrogen-bond acceptors (Lipinski definition) is 4. The minimum absolute atomic E-state index is 0.00491. The lowest BCUT2D eigenvalue weighted by Gasteiger charge is -2.37. The van der Waals surface area contributed by atoms with E-state index in [9.17, 15) is 9.59 Å². The topological polar surface area (TPSA) is 65.0 Å². The maximum Gasteiger partial charge on any atom is 0.327 e. The van der Waals surface area contributed by atoms with Gasteiger partial charge in [0.25, 0.3) is 0 Å². The number of nitrogens with one attached hydrogen (secondary N) is 1. The number of anilines is 1. The van der Waals surface area contributed by atoms with E-state index < -0.39 is 18.0 Å². The number of hydrogen-bond donors (Lipinski definition) is 1. The summed E-state index contributed by atoms with van der Waals surface area (Å²) in [7, 11) is 0. The number of hydrazine groups is 1. The number of benzene rings is 1. The molecule has 2 amide bonds. The third kappa shape index (κ3) is 1.72. The van der Waals surface area contributed by atoms with Gasteiger partial charge < -0.3 is 0 Å². The fourth-order valence-corrected chi connectivity index (χ4v) is 2.46. The molecule has 1 unspecified atom stereocenters. The Hall–Kier alpha value is -1.92. The van der Waals surface area contributed by atoms with Gasteiger partial charge in [-0.2, -0.15) is 0 Å². The van der Waals surface area contributed by atoms with E-state index in [0.29, 0.717) is 12.2 Å². The van der Waals surface area contributed by atoms with E-state index in [1.807, 2.05) is 12.1 Å². The molecule has 6 nitrogen and oxygen atoms in total. The fraction of sp³-hybridized carbons (Fsp3) is 0.250. The number of amidine groups is 1. The van der Waals surface area contributed by atoms with Crippen LogP contribution in [0.5, 0.6) is 0 Å². The van der Waals surface area contributed by atoms with E-state index in [0.717, 1.165) is 10.5 Å². The normalized spacial score (nSPS) is 22.0. The van der Waals surface area contributed by atoms with Crippen LogP contribution in [0.4, 0.5) is 5.69 Å². The lowest BCUT2D eigenvalue weighted by molar-refractivity contribution is -0.147. The van der Waals surface area contributed by atoms with Gasteiger partial charge in [0.05, 0.1) is 5.69 Å². The molecule has 19 heavy (non-hydrogen) atoms. The summed E-state index contributed by atoms with van der Waals surface area (Å²) < 4.78 is 0. The van der Waals surface area contributed by atoms with Crippen LogP contribution in [0, 0.1) is 0 Å². The fourth-order valence-electron chi connectivity index (χ4n) is 2.20. The van der Waals surface area contributed by atoms with Crippen molar-refractivity contribution in [3.8, 4) is 0 Å². The first-order valence-corrected chi connectivity index (χ1v) is 6.25. The average molecular weight is 279 g/mol. The monoisotopic (exact) mass is 278 g/mol. The predicted octanol–water partition coefficient (Wildman–Crippen LogP) is 0.993. The largest absolute Gasteiger partial charge is 0.327 e. The van der Waals surface area contributed by atoms with Crippen molar-refractivity contribution in [1.82, 2.24) is 10.4 Å². The Balaban J connectivity index is 2.20. The highest BCUT2D eigenvalue weighted by Gasteiger charge is 2.39. The molecule has 2 bridgehead atoms. The van der Waals surface area contributed by atoms with E-state index in [1.165, 1.54) is 5.01 Å². The molecular formula is C12H11ClN4O2. The Morgan fingerprint density at radius 3 is 2.79 bits per heavy atom. The van der Waals surface area contributed by atoms with Crippen molar-refractivity contribution in [2.24, 2.45) is 4.99 Å². The van der Waals surface area contributed by atoms with Gasteiger partial charge in [0.2, 0.25) is 5.29 Å². The van der Waals surface area contributed by atoms with Crippen LogP contribution >= 0.6 is 11.6 Å². The number of nitrogens with zero attached hydrogens (tertiary/aromatic N) is 3. The van der Waals surface area contributed by atoms with Crippen LogP contribution in [0.15, 0.2) is 29.3 Å². The molecule has 0 saturated carbocycles. The van der Waals surface area contributed by atoms with Gasteiger partial charge >= 0.3 is 11.8 Å². The van der Waals surface area contributed by atoms with Crippen molar-refractivity contribution < 1.29 is 9.59 Å². The maximum absolute atomic E-state index is 12.2. The van der Waals surface area contributed by atoms with E-state index in [2.05, 4.69) is 10.4 Å². The zero-order valence-corrected chi connectivity index (χ0v) is 10.9. The van der Waals surface area contributed by atoms with Gasteiger partial charge in [0, 0.05) is 12.1 Å². The first-order chi connectivity index (χ1) is 9.13. The average Bonchev–Trinajstić information content (AvgIpc) is 2.42. The molecule has 0 fully saturated rings. The number of aliphatic imine (C=N–C) groups is 1. The Labute approximate surface area is 114 Å². The van der Waals surface area contributed by atoms with Crippen molar-refractivity contribution in [1.29, 1.82) is 0 Å². The smallest absolute Gasteiger partial charge is 0.268 e. The van der Waals surface area contributed by atoms with Crippen LogP contribution < -0.4 is 10.3 Å². The quantitative estimate of drug-likeness (QED) is 0.615. The van der Waals surface area contributed by atoms with Crippen LogP contribution in [-0.4, -0.2) is 28.7 Å². The number of fused-ring (bicyclic) bond motifs is 3. The molecule has 1 aromatic rings. The number of amides is 2. The van der Waals surface area contributed by atoms with Crippen molar-refractivity contribution >= 4 is 34.4 Å². The Morgan fingerprint density at radius 2 is 2.05 bits per heavy atom. The van der Waals surface area contributed by atoms with E-state index >= 15 is 0 Å². The van der Waals surface area contributed by atoms with Gasteiger partial charge in [-0.05, 0) is 24.6 Å². The number of rotatable bonds is 1. The molecule has 0 radical (unpaired) electrons. The molecule has 0 saturated heterocycles. The summed E-state index contributed by atoms with van der Waals surface area (Å²) in [5.41, 5.74) is 4.33. The molecule has 0 aromatic heterocycles. The van der Waals surface area contributed by atoms with Crippen LogP contribution in [0.25, 0.3) is 0 Å². The summed E-state index contributed by atoms with van der Waals surface area (Å²) in [5, 5.41) is 1.26. The molecule has 98 valence electrons. The number of likely N-dealkylation sites (N-methyl/N-ethyl adjacent to an activating group) is 1. The maximum atomic E-state index is 12.2. The van der Waals surface area contributed by atoms with Crippen molar-refractivity contribution in [3.63, 3.8) is 0 Å². The molecule has 1 N–H and O–H groups in total. The SMILES string of the molecule is CCN1NC2N=C(Cl)N(C(=O)C1=O)c1ccccc12. The third-order valence-electron chi connectivity index (χ3n) is 3.12. The van der Waals surface area contributed by atoms with E-state index in [4.69, 9.17) is 11.6 Å². The number of halogens is 1. The molecular weight excluding hydrogens is 268 g/mol. The second kappa shape index (κ2) is 4.32. The van der Waals surface area contributed by atoms with Gasteiger partial charge in [-0.3, -0.25) is 14.6 Å². The van der Waals surface area contributed by atoms with Crippen LogP contribution in [0.2, 0.25) is 0 Å². The molecule has 0 spiro atoms. The minimum Gasteiger partial charge on any atom is -0.268 e. The molecule has 1 aromatic carbocycles. The number of para-hydroxylation sites is 1.